The van der Waals surface area contributed by atoms with Crippen molar-refractivity contribution in [1.82, 2.24) is 29.9 Å². The number of ketones is 1. The number of nitrogens with zero attached hydrogens (tertiary/aromatic N) is 6. The van der Waals surface area contributed by atoms with Crippen molar-refractivity contribution in [2.45, 2.75) is 6.42 Å². The smallest absolute Gasteiger partial charge is 0.293 e. The van der Waals surface area contributed by atoms with Crippen molar-refractivity contribution >= 4 is 29.0 Å². The first kappa shape index (κ1) is 21.3. The zero-order valence-corrected chi connectivity index (χ0v) is 17.0. The van der Waals surface area contributed by atoms with Gasteiger partial charge in [0.1, 0.15) is 0 Å². The third kappa shape index (κ3) is 5.61. The first-order chi connectivity index (χ1) is 16.1. The van der Waals surface area contributed by atoms with Crippen LogP contribution >= 0.6 is 0 Å². The zero-order chi connectivity index (χ0) is 23.0. The van der Waals surface area contributed by atoms with Crippen molar-refractivity contribution in [3.8, 4) is 0 Å². The molecule has 0 radical (unpaired) electrons. The molecular formula is C22H16N8O3. The average molecular weight is 440 g/mol. The molecule has 4 heterocycles. The van der Waals surface area contributed by atoms with E-state index in [-0.39, 0.29) is 23.9 Å². The lowest BCUT2D eigenvalue weighted by molar-refractivity contribution is 0.0980. The van der Waals surface area contributed by atoms with Crippen molar-refractivity contribution < 1.29 is 14.4 Å². The molecule has 11 heteroatoms. The number of amides is 2. The van der Waals surface area contributed by atoms with Gasteiger partial charge in [0, 0.05) is 55.0 Å². The Bertz CT molecular complexity index is 1110. The first-order valence-electron chi connectivity index (χ1n) is 9.69. The van der Waals surface area contributed by atoms with E-state index in [9.17, 15) is 14.4 Å². The molecule has 0 fully saturated rings. The Morgan fingerprint density at radius 1 is 0.576 bits per heavy atom. The highest BCUT2D eigenvalue weighted by Crippen LogP contribution is 2.10. The van der Waals surface area contributed by atoms with Crippen LogP contribution in [0, 0.1) is 0 Å². The minimum atomic E-state index is -0.709. The highest BCUT2D eigenvalue weighted by molar-refractivity contribution is 6.05. The maximum Gasteiger partial charge on any atom is 0.293 e. The summed E-state index contributed by atoms with van der Waals surface area (Å²) < 4.78 is 0. The van der Waals surface area contributed by atoms with Gasteiger partial charge in [-0.05, 0) is 42.0 Å². The van der Waals surface area contributed by atoms with Gasteiger partial charge in [-0.2, -0.15) is 4.98 Å². The quantitative estimate of drug-likeness (QED) is 0.411. The molecule has 4 aromatic heterocycles. The number of aromatic nitrogens is 6. The summed E-state index contributed by atoms with van der Waals surface area (Å²) in [5.41, 5.74) is 1.58. The second-order valence-electron chi connectivity index (χ2n) is 6.64. The van der Waals surface area contributed by atoms with Crippen LogP contribution in [0.25, 0.3) is 0 Å². The van der Waals surface area contributed by atoms with Crippen molar-refractivity contribution in [1.29, 1.82) is 0 Å². The Balaban J connectivity index is 1.65. The summed E-state index contributed by atoms with van der Waals surface area (Å²) in [5, 5.41) is 5.20. The monoisotopic (exact) mass is 440 g/mol. The van der Waals surface area contributed by atoms with Gasteiger partial charge in [0.25, 0.3) is 11.8 Å². The Morgan fingerprint density at radius 2 is 0.970 bits per heavy atom. The van der Waals surface area contributed by atoms with Gasteiger partial charge in [0.05, 0.1) is 0 Å². The summed E-state index contributed by atoms with van der Waals surface area (Å²) in [6.07, 6.45) is 9.07. The number of hydrogen-bond acceptors (Lipinski definition) is 9. The van der Waals surface area contributed by atoms with E-state index >= 15 is 0 Å². The molecule has 11 nitrogen and oxygen atoms in total. The predicted molar refractivity (Wildman–Crippen MR) is 116 cm³/mol. The number of carbonyl (C=O) groups is 3. The third-order valence-corrected chi connectivity index (χ3v) is 4.28. The fourth-order valence-corrected chi connectivity index (χ4v) is 2.71. The van der Waals surface area contributed by atoms with E-state index in [1.807, 2.05) is 0 Å². The number of carbonyl (C=O) groups excluding carboxylic acids is 3. The Kier molecular flexibility index (Phi) is 6.40. The fraction of sp³-hybridized carbons (Fsp3) is 0.0455. The normalized spacial score (nSPS) is 10.3. The molecule has 0 aromatic carbocycles. The van der Waals surface area contributed by atoms with Crippen LogP contribution < -0.4 is 10.6 Å². The maximum atomic E-state index is 12.8. The van der Waals surface area contributed by atoms with Gasteiger partial charge in [0.15, 0.2) is 0 Å². The molecule has 0 spiro atoms. The van der Waals surface area contributed by atoms with Gasteiger partial charge >= 0.3 is 0 Å². The van der Waals surface area contributed by atoms with Gasteiger partial charge < -0.3 is 10.6 Å². The second kappa shape index (κ2) is 9.92. The van der Waals surface area contributed by atoms with Crippen molar-refractivity contribution in [3.63, 3.8) is 0 Å². The molecule has 4 rings (SSSR count). The molecule has 0 unspecified atom stereocenters. The van der Waals surface area contributed by atoms with Gasteiger partial charge in [0.2, 0.25) is 23.3 Å². The molecular weight excluding hydrogens is 424 g/mol. The predicted octanol–water partition coefficient (Wildman–Crippen LogP) is 1.99. The largest absolute Gasteiger partial charge is 0.319 e. The van der Waals surface area contributed by atoms with Crippen LogP contribution in [0.5, 0.6) is 0 Å². The van der Waals surface area contributed by atoms with Crippen molar-refractivity contribution in [2.75, 3.05) is 10.6 Å². The second-order valence-corrected chi connectivity index (χ2v) is 6.64. The maximum absolute atomic E-state index is 12.8. The van der Waals surface area contributed by atoms with Crippen molar-refractivity contribution in [2.24, 2.45) is 0 Å². The molecule has 0 bridgehead atoms. The molecule has 4 aromatic rings. The van der Waals surface area contributed by atoms with E-state index in [4.69, 9.17) is 0 Å². The molecule has 0 saturated heterocycles. The summed E-state index contributed by atoms with van der Waals surface area (Å²) in [6, 6.07) is 9.65. The summed E-state index contributed by atoms with van der Waals surface area (Å²) in [4.78, 5) is 62.0. The van der Waals surface area contributed by atoms with Crippen LogP contribution in [0.4, 0.5) is 11.4 Å². The molecule has 162 valence electrons. The number of pyridine rings is 3. The first-order valence-corrected chi connectivity index (χ1v) is 9.69. The third-order valence-electron chi connectivity index (χ3n) is 4.28. The topological polar surface area (TPSA) is 153 Å². The Morgan fingerprint density at radius 3 is 1.42 bits per heavy atom. The lowest BCUT2D eigenvalue weighted by atomic mass is 10.1. The number of hydrogen-bond donors (Lipinski definition) is 2. The number of rotatable bonds is 7. The van der Waals surface area contributed by atoms with Crippen LogP contribution in [0.15, 0.2) is 73.6 Å². The minimum absolute atomic E-state index is 0.0383. The van der Waals surface area contributed by atoms with Crippen LogP contribution in [0.1, 0.15) is 37.4 Å². The van der Waals surface area contributed by atoms with Gasteiger partial charge in [-0.3, -0.25) is 29.3 Å². The standard InChI is InChI=1S/C22H16N8O3/c31-17(13-14-1-7-23-8-2-14)18-28-19(21(32)26-15-3-9-24-10-4-15)30-20(29-18)22(33)27-16-5-11-25-12-6-16/h1-12H,13H2,(H,24,26,32)(H,25,27,33). The highest BCUT2D eigenvalue weighted by atomic mass is 16.2. The SMILES string of the molecule is O=C(Cc1ccncc1)c1nc(C(=O)Nc2ccncc2)nc(C(=O)Nc2ccncc2)n1. The van der Waals surface area contributed by atoms with E-state index in [2.05, 4.69) is 40.5 Å². The molecule has 2 amide bonds. The van der Waals surface area contributed by atoms with E-state index in [1.165, 1.54) is 24.8 Å². The fourth-order valence-electron chi connectivity index (χ4n) is 2.71. The van der Waals surface area contributed by atoms with E-state index in [0.29, 0.717) is 16.9 Å². The number of Topliss-reactive ketones (excluding diaryl/α,β-unsaturated/α-hetero) is 1. The van der Waals surface area contributed by atoms with Gasteiger partial charge in [-0.15, -0.1) is 0 Å². The van der Waals surface area contributed by atoms with E-state index in [0.717, 1.165) is 0 Å². The average Bonchev–Trinajstić information content (AvgIpc) is 2.85. The summed E-state index contributed by atoms with van der Waals surface area (Å²) in [5.74, 6) is -2.96. The van der Waals surface area contributed by atoms with Crippen LogP contribution in [0.2, 0.25) is 0 Å². The zero-order valence-electron chi connectivity index (χ0n) is 17.0. The summed E-state index contributed by atoms with van der Waals surface area (Å²) >= 11 is 0. The number of nitrogens with one attached hydrogen (secondary N) is 2. The highest BCUT2D eigenvalue weighted by Gasteiger charge is 2.22. The van der Waals surface area contributed by atoms with Gasteiger partial charge in [-0.25, -0.2) is 9.97 Å². The Labute approximate surface area is 187 Å². The van der Waals surface area contributed by atoms with E-state index < -0.39 is 17.6 Å². The summed E-state index contributed by atoms with van der Waals surface area (Å²) in [6.45, 7) is 0. The summed E-state index contributed by atoms with van der Waals surface area (Å²) in [7, 11) is 0. The van der Waals surface area contributed by atoms with Crippen LogP contribution in [0.3, 0.4) is 0 Å². The molecule has 0 saturated carbocycles. The van der Waals surface area contributed by atoms with Crippen molar-refractivity contribution in [3.05, 3.63) is 96.6 Å². The molecule has 2 N–H and O–H groups in total. The Hall–Kier alpha value is -4.93. The minimum Gasteiger partial charge on any atom is -0.319 e. The lowest BCUT2D eigenvalue weighted by Gasteiger charge is -2.08. The number of anilines is 2. The molecule has 0 aliphatic rings. The molecule has 0 atom stereocenters. The van der Waals surface area contributed by atoms with Crippen LogP contribution in [-0.4, -0.2) is 47.5 Å². The molecule has 0 aliphatic heterocycles. The molecule has 33 heavy (non-hydrogen) atoms. The van der Waals surface area contributed by atoms with Crippen LogP contribution in [-0.2, 0) is 6.42 Å². The van der Waals surface area contributed by atoms with E-state index in [1.54, 1.807) is 48.8 Å². The lowest BCUT2D eigenvalue weighted by Crippen LogP contribution is -2.25. The van der Waals surface area contributed by atoms with Gasteiger partial charge in [-0.1, -0.05) is 0 Å². The molecule has 0 aliphatic carbocycles.